The third-order valence-electron chi connectivity index (χ3n) is 3.68. The standard InChI is InChI=1S/C17H27N3S/c1-13(2)19-12-15-6-7-17(16(10-15)11-18)20(4)14(3)8-9-21-5/h6-7,10,13-14,19H,8-9,12H2,1-5H3. The van der Waals surface area contributed by atoms with E-state index in [4.69, 9.17) is 0 Å². The maximum atomic E-state index is 9.43. The van der Waals surface area contributed by atoms with Gasteiger partial charge in [0.05, 0.1) is 11.3 Å². The van der Waals surface area contributed by atoms with E-state index >= 15 is 0 Å². The van der Waals surface area contributed by atoms with Gasteiger partial charge in [-0.15, -0.1) is 0 Å². The Morgan fingerprint density at radius 2 is 2.05 bits per heavy atom. The normalized spacial score (nSPS) is 12.2. The summed E-state index contributed by atoms with van der Waals surface area (Å²) in [5.41, 5.74) is 2.95. The van der Waals surface area contributed by atoms with E-state index in [0.29, 0.717) is 12.1 Å². The zero-order valence-electron chi connectivity index (χ0n) is 13.8. The molecule has 0 aromatic heterocycles. The lowest BCUT2D eigenvalue weighted by Crippen LogP contribution is -2.30. The zero-order chi connectivity index (χ0) is 15.8. The SMILES string of the molecule is CSCCC(C)N(C)c1ccc(CNC(C)C)cc1C#N. The van der Waals surface area contributed by atoms with Crippen molar-refractivity contribution in [3.63, 3.8) is 0 Å². The van der Waals surface area contributed by atoms with E-state index in [2.05, 4.69) is 62.5 Å². The number of thioether (sulfide) groups is 1. The molecule has 1 unspecified atom stereocenters. The highest BCUT2D eigenvalue weighted by Gasteiger charge is 2.14. The summed E-state index contributed by atoms with van der Waals surface area (Å²) in [4.78, 5) is 2.22. The second-order valence-electron chi connectivity index (χ2n) is 5.74. The predicted molar refractivity (Wildman–Crippen MR) is 94.0 cm³/mol. The van der Waals surface area contributed by atoms with Crippen molar-refractivity contribution >= 4 is 17.4 Å². The van der Waals surface area contributed by atoms with Gasteiger partial charge in [0.2, 0.25) is 0 Å². The third-order valence-corrected chi connectivity index (χ3v) is 4.32. The van der Waals surface area contributed by atoms with Gasteiger partial charge in [-0.25, -0.2) is 0 Å². The van der Waals surface area contributed by atoms with Gasteiger partial charge in [0, 0.05) is 25.7 Å². The first-order valence-electron chi connectivity index (χ1n) is 7.47. The zero-order valence-corrected chi connectivity index (χ0v) is 14.6. The maximum absolute atomic E-state index is 9.43. The van der Waals surface area contributed by atoms with Gasteiger partial charge in [0.1, 0.15) is 6.07 Å². The molecule has 0 aliphatic carbocycles. The molecule has 116 valence electrons. The Hall–Kier alpha value is -1.18. The Labute approximate surface area is 133 Å². The first-order valence-corrected chi connectivity index (χ1v) is 8.87. The molecule has 0 radical (unpaired) electrons. The summed E-state index contributed by atoms with van der Waals surface area (Å²) >= 11 is 1.86. The molecular weight excluding hydrogens is 278 g/mol. The largest absolute Gasteiger partial charge is 0.371 e. The predicted octanol–water partition coefficient (Wildman–Crippen LogP) is 3.63. The van der Waals surface area contributed by atoms with Crippen molar-refractivity contribution in [1.29, 1.82) is 5.26 Å². The lowest BCUT2D eigenvalue weighted by molar-refractivity contribution is 0.588. The molecule has 1 aromatic carbocycles. The minimum absolute atomic E-state index is 0.434. The molecule has 0 bridgehead atoms. The molecule has 0 aliphatic rings. The number of anilines is 1. The summed E-state index contributed by atoms with van der Waals surface area (Å²) in [5, 5.41) is 12.8. The molecule has 0 saturated carbocycles. The lowest BCUT2D eigenvalue weighted by atomic mass is 10.1. The number of hydrogen-bond donors (Lipinski definition) is 1. The number of nitrogens with one attached hydrogen (secondary N) is 1. The van der Waals surface area contributed by atoms with Crippen molar-refractivity contribution in [2.24, 2.45) is 0 Å². The van der Waals surface area contributed by atoms with Crippen LogP contribution in [0.2, 0.25) is 0 Å². The minimum atomic E-state index is 0.434. The van der Waals surface area contributed by atoms with Crippen molar-refractivity contribution in [1.82, 2.24) is 5.32 Å². The number of nitriles is 1. The van der Waals surface area contributed by atoms with E-state index in [1.807, 2.05) is 17.8 Å². The fourth-order valence-electron chi connectivity index (χ4n) is 2.13. The Morgan fingerprint density at radius 3 is 2.62 bits per heavy atom. The van der Waals surface area contributed by atoms with Crippen molar-refractivity contribution in [2.75, 3.05) is 24.0 Å². The maximum Gasteiger partial charge on any atom is 0.101 e. The van der Waals surface area contributed by atoms with Crippen LogP contribution in [0.3, 0.4) is 0 Å². The summed E-state index contributed by atoms with van der Waals surface area (Å²) in [6.07, 6.45) is 3.25. The summed E-state index contributed by atoms with van der Waals surface area (Å²) in [7, 11) is 2.08. The molecule has 0 heterocycles. The van der Waals surface area contributed by atoms with Gasteiger partial charge >= 0.3 is 0 Å². The van der Waals surface area contributed by atoms with Crippen molar-refractivity contribution in [3.05, 3.63) is 29.3 Å². The monoisotopic (exact) mass is 305 g/mol. The van der Waals surface area contributed by atoms with Crippen LogP contribution >= 0.6 is 11.8 Å². The highest BCUT2D eigenvalue weighted by Crippen LogP contribution is 2.23. The molecule has 4 heteroatoms. The molecule has 1 atom stereocenters. The van der Waals surface area contributed by atoms with Crippen molar-refractivity contribution < 1.29 is 0 Å². The second-order valence-corrected chi connectivity index (χ2v) is 6.73. The van der Waals surface area contributed by atoms with Crippen molar-refractivity contribution in [3.8, 4) is 6.07 Å². The Kier molecular flexibility index (Phi) is 7.63. The Morgan fingerprint density at radius 1 is 1.33 bits per heavy atom. The molecular formula is C17H27N3S. The summed E-state index contributed by atoms with van der Waals surface area (Å²) in [5.74, 6) is 1.14. The van der Waals surface area contributed by atoms with Gasteiger partial charge < -0.3 is 10.2 Å². The van der Waals surface area contributed by atoms with E-state index in [1.54, 1.807) is 0 Å². The molecule has 3 nitrogen and oxygen atoms in total. The van der Waals surface area contributed by atoms with E-state index in [9.17, 15) is 5.26 Å². The lowest BCUT2D eigenvalue weighted by Gasteiger charge is -2.28. The Bertz CT molecular complexity index is 479. The van der Waals surface area contributed by atoms with Gasteiger partial charge in [0.25, 0.3) is 0 Å². The summed E-state index contributed by atoms with van der Waals surface area (Å²) in [6, 6.07) is 9.42. The number of hydrogen-bond acceptors (Lipinski definition) is 4. The fraction of sp³-hybridized carbons (Fsp3) is 0.588. The molecule has 21 heavy (non-hydrogen) atoms. The van der Waals surface area contributed by atoms with E-state index in [1.165, 1.54) is 0 Å². The van der Waals surface area contributed by atoms with Crippen LogP contribution < -0.4 is 10.2 Å². The van der Waals surface area contributed by atoms with E-state index in [-0.39, 0.29) is 0 Å². The highest BCUT2D eigenvalue weighted by molar-refractivity contribution is 7.98. The van der Waals surface area contributed by atoms with Crippen LogP contribution in [-0.4, -0.2) is 31.1 Å². The van der Waals surface area contributed by atoms with Gasteiger partial charge in [-0.2, -0.15) is 17.0 Å². The average molecular weight is 305 g/mol. The number of benzene rings is 1. The van der Waals surface area contributed by atoms with Crippen LogP contribution in [-0.2, 0) is 6.54 Å². The molecule has 0 aliphatic heterocycles. The van der Waals surface area contributed by atoms with E-state index in [0.717, 1.165) is 35.5 Å². The van der Waals surface area contributed by atoms with Crippen LogP contribution in [0.15, 0.2) is 18.2 Å². The first kappa shape index (κ1) is 17.9. The molecule has 1 N–H and O–H groups in total. The summed E-state index contributed by atoms with van der Waals surface area (Å²) in [6.45, 7) is 7.27. The van der Waals surface area contributed by atoms with E-state index < -0.39 is 0 Å². The van der Waals surface area contributed by atoms with Crippen LogP contribution in [0.5, 0.6) is 0 Å². The van der Waals surface area contributed by atoms with Gasteiger partial charge in [-0.1, -0.05) is 19.9 Å². The van der Waals surface area contributed by atoms with Crippen LogP contribution in [0.1, 0.15) is 38.3 Å². The average Bonchev–Trinajstić information content (AvgIpc) is 2.49. The smallest absolute Gasteiger partial charge is 0.101 e. The van der Waals surface area contributed by atoms with Crippen LogP contribution in [0.4, 0.5) is 5.69 Å². The van der Waals surface area contributed by atoms with Crippen LogP contribution in [0, 0.1) is 11.3 Å². The first-order chi connectivity index (χ1) is 9.99. The van der Waals surface area contributed by atoms with Gasteiger partial charge in [0.15, 0.2) is 0 Å². The number of nitrogens with zero attached hydrogens (tertiary/aromatic N) is 2. The fourth-order valence-corrected chi connectivity index (χ4v) is 2.71. The van der Waals surface area contributed by atoms with Crippen molar-refractivity contribution in [2.45, 2.75) is 45.8 Å². The molecule has 0 saturated heterocycles. The Balaban J connectivity index is 2.85. The molecule has 0 spiro atoms. The highest BCUT2D eigenvalue weighted by atomic mass is 32.2. The summed E-state index contributed by atoms with van der Waals surface area (Å²) < 4.78 is 0. The molecule has 0 fully saturated rings. The van der Waals surface area contributed by atoms with Gasteiger partial charge in [-0.05, 0) is 43.0 Å². The number of rotatable bonds is 8. The molecule has 1 aromatic rings. The molecule has 1 rings (SSSR count). The quantitative estimate of drug-likeness (QED) is 0.796. The minimum Gasteiger partial charge on any atom is -0.371 e. The topological polar surface area (TPSA) is 39.1 Å². The van der Waals surface area contributed by atoms with Gasteiger partial charge in [-0.3, -0.25) is 0 Å². The second kappa shape index (κ2) is 8.96. The van der Waals surface area contributed by atoms with Crippen LogP contribution in [0.25, 0.3) is 0 Å². The third kappa shape index (κ3) is 5.61. The molecule has 0 amide bonds.